The second-order valence-electron chi connectivity index (χ2n) is 8.18. The van der Waals surface area contributed by atoms with Crippen LogP contribution in [0.15, 0.2) is 62.8 Å². The third-order valence-corrected chi connectivity index (χ3v) is 8.79. The first-order chi connectivity index (χ1) is 15.8. The number of aromatic nitrogens is 1. The quantitative estimate of drug-likeness (QED) is 0.490. The molecule has 1 amide bonds. The highest BCUT2D eigenvalue weighted by atomic mass is 32.2. The molecule has 4 rings (SSSR count). The molecule has 0 N–H and O–H groups in total. The molecule has 1 aliphatic rings. The van der Waals surface area contributed by atoms with Crippen LogP contribution in [0, 0.1) is 20.8 Å². The van der Waals surface area contributed by atoms with Gasteiger partial charge in [0.05, 0.1) is 21.9 Å². The zero-order valence-electron chi connectivity index (χ0n) is 18.9. The van der Waals surface area contributed by atoms with Crippen molar-refractivity contribution in [2.24, 2.45) is 0 Å². The van der Waals surface area contributed by atoms with Crippen LogP contribution in [0.1, 0.15) is 32.9 Å². The molecule has 1 aliphatic heterocycles. The van der Waals surface area contributed by atoms with Crippen molar-refractivity contribution in [3.8, 4) is 0 Å². The predicted molar refractivity (Wildman–Crippen MR) is 128 cm³/mol. The highest BCUT2D eigenvalue weighted by Gasteiger charge is 2.31. The van der Waals surface area contributed by atoms with Crippen molar-refractivity contribution < 1.29 is 17.7 Å². The van der Waals surface area contributed by atoms with Gasteiger partial charge in [-0.15, -0.1) is 11.8 Å². The van der Waals surface area contributed by atoms with Gasteiger partial charge in [-0.1, -0.05) is 35.0 Å². The van der Waals surface area contributed by atoms with E-state index in [1.807, 2.05) is 63.2 Å². The van der Waals surface area contributed by atoms with Crippen molar-refractivity contribution in [2.45, 2.75) is 36.3 Å². The molecule has 0 atom stereocenters. The van der Waals surface area contributed by atoms with Crippen LogP contribution in [0.2, 0.25) is 0 Å². The number of piperazine rings is 1. The predicted octanol–water partition coefficient (Wildman–Crippen LogP) is 4.04. The normalized spacial score (nSPS) is 15.1. The van der Waals surface area contributed by atoms with E-state index in [9.17, 15) is 13.2 Å². The minimum absolute atomic E-state index is 0.0876. The smallest absolute Gasteiger partial charge is 0.255 e. The number of hydrogen-bond acceptors (Lipinski definition) is 6. The van der Waals surface area contributed by atoms with Crippen LogP contribution in [0.4, 0.5) is 0 Å². The first kappa shape index (κ1) is 23.5. The largest absolute Gasteiger partial charge is 0.360 e. The summed E-state index contributed by atoms with van der Waals surface area (Å²) in [6.45, 7) is 6.87. The van der Waals surface area contributed by atoms with Crippen molar-refractivity contribution in [3.05, 3.63) is 76.7 Å². The monoisotopic (exact) mass is 485 g/mol. The van der Waals surface area contributed by atoms with Gasteiger partial charge < -0.3 is 9.42 Å². The number of benzene rings is 2. The Balaban J connectivity index is 1.43. The molecule has 1 aromatic heterocycles. The van der Waals surface area contributed by atoms with Crippen LogP contribution in [-0.4, -0.2) is 54.9 Å². The lowest BCUT2D eigenvalue weighted by molar-refractivity contribution is 0.0694. The van der Waals surface area contributed by atoms with Crippen LogP contribution < -0.4 is 0 Å². The number of carbonyl (C=O) groups excluding carboxylic acids is 1. The number of hydrogen-bond donors (Lipinski definition) is 0. The molecule has 0 saturated carbocycles. The summed E-state index contributed by atoms with van der Waals surface area (Å²) in [4.78, 5) is 16.2. The van der Waals surface area contributed by atoms with E-state index in [0.717, 1.165) is 27.5 Å². The van der Waals surface area contributed by atoms with Crippen LogP contribution in [0.25, 0.3) is 0 Å². The molecule has 0 spiro atoms. The first-order valence-corrected chi connectivity index (χ1v) is 13.2. The molecule has 0 aliphatic carbocycles. The van der Waals surface area contributed by atoms with Gasteiger partial charge in [0.15, 0.2) is 0 Å². The minimum atomic E-state index is -3.59. The van der Waals surface area contributed by atoms with Crippen molar-refractivity contribution in [1.29, 1.82) is 0 Å². The Hall–Kier alpha value is -2.62. The van der Waals surface area contributed by atoms with E-state index in [1.54, 1.807) is 11.0 Å². The van der Waals surface area contributed by atoms with Crippen molar-refractivity contribution in [3.63, 3.8) is 0 Å². The fraction of sp³-hybridized carbons (Fsp3) is 0.333. The molecule has 0 unspecified atom stereocenters. The van der Waals surface area contributed by atoms with E-state index in [-0.39, 0.29) is 19.0 Å². The van der Waals surface area contributed by atoms with E-state index in [4.69, 9.17) is 4.52 Å². The molecule has 3 aromatic rings. The van der Waals surface area contributed by atoms with E-state index in [2.05, 4.69) is 5.16 Å². The minimum Gasteiger partial charge on any atom is -0.360 e. The van der Waals surface area contributed by atoms with Gasteiger partial charge in [0.25, 0.3) is 5.91 Å². The summed E-state index contributed by atoms with van der Waals surface area (Å²) < 4.78 is 33.0. The van der Waals surface area contributed by atoms with E-state index in [0.29, 0.717) is 29.3 Å². The lowest BCUT2D eigenvalue weighted by atomic mass is 10.2. The topological polar surface area (TPSA) is 83.7 Å². The molecule has 1 saturated heterocycles. The van der Waals surface area contributed by atoms with Crippen LogP contribution in [-0.2, 0) is 15.8 Å². The van der Waals surface area contributed by atoms with E-state index in [1.165, 1.54) is 16.1 Å². The number of sulfonamides is 1. The average molecular weight is 486 g/mol. The molecule has 7 nitrogen and oxygen atoms in total. The lowest BCUT2D eigenvalue weighted by Gasteiger charge is -2.34. The summed E-state index contributed by atoms with van der Waals surface area (Å²) in [5.41, 5.74) is 3.20. The number of aryl methyl sites for hydroxylation is 3. The third-order valence-electron chi connectivity index (χ3n) is 5.64. The molecule has 1 fully saturated rings. The maximum atomic E-state index is 13.3. The van der Waals surface area contributed by atoms with Gasteiger partial charge >= 0.3 is 0 Å². The van der Waals surface area contributed by atoms with Gasteiger partial charge in [0.2, 0.25) is 10.0 Å². The zero-order valence-corrected chi connectivity index (χ0v) is 20.6. The van der Waals surface area contributed by atoms with Crippen molar-refractivity contribution in [1.82, 2.24) is 14.4 Å². The standard InChI is InChI=1S/C24H27N3O4S2/c1-17-8-9-23(18(2)14-17)33(29,30)27-12-10-26(11-13-27)24(28)21-6-4-5-7-22(21)32-16-20-15-19(3)25-31-20/h4-9,14-15H,10-13,16H2,1-3H3. The van der Waals surface area contributed by atoms with Gasteiger partial charge in [-0.3, -0.25) is 4.79 Å². The Morgan fingerprint density at radius 1 is 1.03 bits per heavy atom. The molecular formula is C24H27N3O4S2. The van der Waals surface area contributed by atoms with Gasteiger partial charge in [-0.05, 0) is 44.5 Å². The Labute approximate surface area is 198 Å². The highest BCUT2D eigenvalue weighted by Crippen LogP contribution is 2.28. The summed E-state index contributed by atoms with van der Waals surface area (Å²) in [7, 11) is -3.59. The molecule has 0 bridgehead atoms. The van der Waals surface area contributed by atoms with E-state index >= 15 is 0 Å². The molecule has 2 aromatic carbocycles. The average Bonchev–Trinajstić information content (AvgIpc) is 3.22. The fourth-order valence-electron chi connectivity index (χ4n) is 3.93. The molecule has 0 radical (unpaired) electrons. The maximum Gasteiger partial charge on any atom is 0.255 e. The SMILES string of the molecule is Cc1ccc(S(=O)(=O)N2CCN(C(=O)c3ccccc3SCc3cc(C)no3)CC2)c(C)c1. The second-order valence-corrected chi connectivity index (χ2v) is 11.1. The molecule has 33 heavy (non-hydrogen) atoms. The highest BCUT2D eigenvalue weighted by molar-refractivity contribution is 7.98. The van der Waals surface area contributed by atoms with Crippen molar-refractivity contribution in [2.75, 3.05) is 26.2 Å². The Morgan fingerprint density at radius 2 is 1.76 bits per heavy atom. The summed E-state index contributed by atoms with van der Waals surface area (Å²) in [5.74, 6) is 1.24. The number of rotatable bonds is 6. The van der Waals surface area contributed by atoms with E-state index < -0.39 is 10.0 Å². The summed E-state index contributed by atoms with van der Waals surface area (Å²) in [6.07, 6.45) is 0. The lowest BCUT2D eigenvalue weighted by Crippen LogP contribution is -2.50. The van der Waals surface area contributed by atoms with Crippen LogP contribution in [0.5, 0.6) is 0 Å². The van der Waals surface area contributed by atoms with Crippen molar-refractivity contribution >= 4 is 27.7 Å². The van der Waals surface area contributed by atoms with Gasteiger partial charge in [0.1, 0.15) is 5.76 Å². The zero-order chi connectivity index (χ0) is 23.6. The third kappa shape index (κ3) is 5.15. The summed E-state index contributed by atoms with van der Waals surface area (Å²) in [5, 5.41) is 3.90. The van der Waals surface area contributed by atoms with Crippen LogP contribution >= 0.6 is 11.8 Å². The second kappa shape index (κ2) is 9.70. The summed E-state index contributed by atoms with van der Waals surface area (Å²) >= 11 is 1.52. The Bertz CT molecular complexity index is 1260. The number of amides is 1. The molecular weight excluding hydrogens is 458 g/mol. The Kier molecular flexibility index (Phi) is 6.92. The maximum absolute atomic E-state index is 13.3. The number of thioether (sulfide) groups is 1. The fourth-order valence-corrected chi connectivity index (χ4v) is 6.48. The number of carbonyl (C=O) groups is 1. The van der Waals surface area contributed by atoms with Gasteiger partial charge in [-0.2, -0.15) is 4.31 Å². The molecule has 2 heterocycles. The van der Waals surface area contributed by atoms with Gasteiger partial charge in [0, 0.05) is 37.1 Å². The number of nitrogens with zero attached hydrogens (tertiary/aromatic N) is 3. The molecule has 174 valence electrons. The van der Waals surface area contributed by atoms with Gasteiger partial charge in [-0.25, -0.2) is 8.42 Å². The Morgan fingerprint density at radius 3 is 2.42 bits per heavy atom. The van der Waals surface area contributed by atoms with Crippen LogP contribution in [0.3, 0.4) is 0 Å². The summed E-state index contributed by atoms with van der Waals surface area (Å²) in [6, 6.07) is 14.7. The molecule has 9 heteroatoms. The first-order valence-electron chi connectivity index (χ1n) is 10.8.